The predicted molar refractivity (Wildman–Crippen MR) is 81.8 cm³/mol. The first-order valence-electron chi connectivity index (χ1n) is 7.36. The highest BCUT2D eigenvalue weighted by atomic mass is 14.9. The van der Waals surface area contributed by atoms with Crippen LogP contribution in [0.25, 0.3) is 11.3 Å². The Hall–Kier alpha value is -1.74. The molecule has 0 saturated carbocycles. The van der Waals surface area contributed by atoms with Crippen molar-refractivity contribution in [1.29, 1.82) is 0 Å². The summed E-state index contributed by atoms with van der Waals surface area (Å²) in [4.78, 5) is 9.50. The van der Waals surface area contributed by atoms with Crippen LogP contribution in [-0.4, -0.2) is 23.1 Å². The molecule has 104 valence electrons. The molecule has 2 aromatic rings. The monoisotopic (exact) mass is 267 g/mol. The van der Waals surface area contributed by atoms with Crippen LogP contribution in [0, 0.1) is 13.8 Å². The molecule has 1 aliphatic rings. The Morgan fingerprint density at radius 2 is 1.85 bits per heavy atom. The summed E-state index contributed by atoms with van der Waals surface area (Å²) in [5.74, 6) is 1.52. The number of rotatable bonds is 2. The van der Waals surface area contributed by atoms with Gasteiger partial charge in [-0.1, -0.05) is 23.8 Å². The van der Waals surface area contributed by atoms with Gasteiger partial charge in [-0.15, -0.1) is 0 Å². The third-order valence-corrected chi connectivity index (χ3v) is 3.89. The van der Waals surface area contributed by atoms with Crippen LogP contribution < -0.4 is 5.32 Å². The summed E-state index contributed by atoms with van der Waals surface area (Å²) in [7, 11) is 0. The second-order valence-electron chi connectivity index (χ2n) is 5.65. The second kappa shape index (κ2) is 5.71. The van der Waals surface area contributed by atoms with Crippen molar-refractivity contribution in [3.63, 3.8) is 0 Å². The fraction of sp³-hybridized carbons (Fsp3) is 0.412. The number of aryl methyl sites for hydroxylation is 2. The van der Waals surface area contributed by atoms with E-state index in [-0.39, 0.29) is 0 Å². The minimum absolute atomic E-state index is 0.500. The first kappa shape index (κ1) is 13.3. The minimum Gasteiger partial charge on any atom is -0.317 e. The predicted octanol–water partition coefficient (Wildman–Crippen LogP) is 3.23. The van der Waals surface area contributed by atoms with Gasteiger partial charge in [0.05, 0.1) is 5.69 Å². The van der Waals surface area contributed by atoms with E-state index in [0.717, 1.165) is 43.1 Å². The number of nitrogens with one attached hydrogen (secondary N) is 1. The zero-order valence-corrected chi connectivity index (χ0v) is 12.2. The van der Waals surface area contributed by atoms with Crippen molar-refractivity contribution >= 4 is 0 Å². The van der Waals surface area contributed by atoms with E-state index in [1.165, 1.54) is 11.1 Å². The molecule has 0 spiro atoms. The summed E-state index contributed by atoms with van der Waals surface area (Å²) < 4.78 is 0. The van der Waals surface area contributed by atoms with Crippen LogP contribution in [-0.2, 0) is 0 Å². The van der Waals surface area contributed by atoms with Crippen LogP contribution >= 0.6 is 0 Å². The SMILES string of the molecule is Cc1cccc(-c2cc(C)nc(C3CCNCC3)n2)c1. The lowest BCUT2D eigenvalue weighted by Crippen LogP contribution is -2.27. The van der Waals surface area contributed by atoms with E-state index < -0.39 is 0 Å². The van der Waals surface area contributed by atoms with Crippen molar-refractivity contribution in [2.75, 3.05) is 13.1 Å². The molecular weight excluding hydrogens is 246 g/mol. The Morgan fingerprint density at radius 3 is 2.60 bits per heavy atom. The molecule has 3 rings (SSSR count). The van der Waals surface area contributed by atoms with Gasteiger partial charge in [-0.3, -0.25) is 0 Å². The van der Waals surface area contributed by atoms with Gasteiger partial charge in [-0.05, 0) is 51.9 Å². The van der Waals surface area contributed by atoms with Gasteiger partial charge < -0.3 is 5.32 Å². The van der Waals surface area contributed by atoms with E-state index in [1.54, 1.807) is 0 Å². The molecule has 3 nitrogen and oxygen atoms in total. The number of hydrogen-bond acceptors (Lipinski definition) is 3. The number of benzene rings is 1. The standard InChI is InChI=1S/C17H21N3/c1-12-4-3-5-15(10-12)16-11-13(2)19-17(20-16)14-6-8-18-9-7-14/h3-5,10-11,14,18H,6-9H2,1-2H3. The quantitative estimate of drug-likeness (QED) is 0.907. The highest BCUT2D eigenvalue weighted by Gasteiger charge is 2.18. The molecule has 1 aliphatic heterocycles. The summed E-state index contributed by atoms with van der Waals surface area (Å²) in [6.45, 7) is 6.32. The van der Waals surface area contributed by atoms with Gasteiger partial charge in [-0.2, -0.15) is 0 Å². The lowest BCUT2D eigenvalue weighted by Gasteiger charge is -2.22. The Balaban J connectivity index is 1.97. The average Bonchev–Trinajstić information content (AvgIpc) is 2.47. The summed E-state index contributed by atoms with van der Waals surface area (Å²) in [6, 6.07) is 10.6. The summed E-state index contributed by atoms with van der Waals surface area (Å²) in [5, 5.41) is 3.40. The zero-order chi connectivity index (χ0) is 13.9. The number of hydrogen-bond donors (Lipinski definition) is 1. The minimum atomic E-state index is 0.500. The Morgan fingerprint density at radius 1 is 1.05 bits per heavy atom. The van der Waals surface area contributed by atoms with Crippen LogP contribution in [0.4, 0.5) is 0 Å². The maximum Gasteiger partial charge on any atom is 0.132 e. The summed E-state index contributed by atoms with van der Waals surface area (Å²) >= 11 is 0. The van der Waals surface area contributed by atoms with E-state index in [1.807, 2.05) is 0 Å². The Kier molecular flexibility index (Phi) is 3.79. The fourth-order valence-electron chi connectivity index (χ4n) is 2.81. The smallest absolute Gasteiger partial charge is 0.132 e. The third-order valence-electron chi connectivity index (χ3n) is 3.89. The van der Waals surface area contributed by atoms with Gasteiger partial charge in [0.2, 0.25) is 0 Å². The topological polar surface area (TPSA) is 37.8 Å². The fourth-order valence-corrected chi connectivity index (χ4v) is 2.81. The van der Waals surface area contributed by atoms with Crippen molar-refractivity contribution < 1.29 is 0 Å². The Bertz CT molecular complexity index is 601. The van der Waals surface area contributed by atoms with E-state index >= 15 is 0 Å². The van der Waals surface area contributed by atoms with Crippen molar-refractivity contribution in [2.24, 2.45) is 0 Å². The van der Waals surface area contributed by atoms with Gasteiger partial charge in [0.1, 0.15) is 5.82 Å². The molecule has 1 N–H and O–H groups in total. The number of nitrogens with zero attached hydrogens (tertiary/aromatic N) is 2. The largest absolute Gasteiger partial charge is 0.317 e. The molecule has 2 heterocycles. The van der Waals surface area contributed by atoms with Crippen LogP contribution in [0.3, 0.4) is 0 Å². The van der Waals surface area contributed by atoms with Gasteiger partial charge in [0.25, 0.3) is 0 Å². The van der Waals surface area contributed by atoms with Crippen LogP contribution in [0.2, 0.25) is 0 Å². The molecule has 0 amide bonds. The molecule has 1 aromatic heterocycles. The molecule has 1 saturated heterocycles. The van der Waals surface area contributed by atoms with Gasteiger partial charge in [-0.25, -0.2) is 9.97 Å². The van der Waals surface area contributed by atoms with Crippen LogP contribution in [0.15, 0.2) is 30.3 Å². The molecule has 0 atom stereocenters. The van der Waals surface area contributed by atoms with E-state index in [0.29, 0.717) is 5.92 Å². The van der Waals surface area contributed by atoms with E-state index in [9.17, 15) is 0 Å². The van der Waals surface area contributed by atoms with Crippen LogP contribution in [0.1, 0.15) is 35.8 Å². The van der Waals surface area contributed by atoms with Crippen LogP contribution in [0.5, 0.6) is 0 Å². The highest BCUT2D eigenvalue weighted by Crippen LogP contribution is 2.25. The van der Waals surface area contributed by atoms with Gasteiger partial charge in [0, 0.05) is 17.2 Å². The van der Waals surface area contributed by atoms with Crippen molar-refractivity contribution in [2.45, 2.75) is 32.6 Å². The summed E-state index contributed by atoms with van der Waals surface area (Å²) in [5.41, 5.74) is 4.56. The van der Waals surface area contributed by atoms with Crippen molar-refractivity contribution in [1.82, 2.24) is 15.3 Å². The van der Waals surface area contributed by atoms with Gasteiger partial charge in [0.15, 0.2) is 0 Å². The normalized spacial score (nSPS) is 16.3. The molecule has 0 bridgehead atoms. The highest BCUT2D eigenvalue weighted by molar-refractivity contribution is 5.60. The van der Waals surface area contributed by atoms with Crippen molar-refractivity contribution in [3.05, 3.63) is 47.4 Å². The third kappa shape index (κ3) is 2.88. The maximum absolute atomic E-state index is 4.83. The van der Waals surface area contributed by atoms with Gasteiger partial charge >= 0.3 is 0 Å². The average molecular weight is 267 g/mol. The lowest BCUT2D eigenvalue weighted by atomic mass is 9.97. The molecule has 0 unspecified atom stereocenters. The molecule has 1 fully saturated rings. The molecule has 3 heteroatoms. The molecule has 0 aliphatic carbocycles. The van der Waals surface area contributed by atoms with E-state index in [2.05, 4.69) is 54.5 Å². The molecule has 0 radical (unpaired) electrons. The summed E-state index contributed by atoms with van der Waals surface area (Å²) in [6.07, 6.45) is 2.27. The van der Waals surface area contributed by atoms with E-state index in [4.69, 9.17) is 4.98 Å². The zero-order valence-electron chi connectivity index (χ0n) is 12.2. The molecule has 20 heavy (non-hydrogen) atoms. The first-order valence-corrected chi connectivity index (χ1v) is 7.36. The Labute approximate surface area is 120 Å². The molecule has 1 aromatic carbocycles. The lowest BCUT2D eigenvalue weighted by molar-refractivity contribution is 0.444. The molecular formula is C17H21N3. The number of aromatic nitrogens is 2. The first-order chi connectivity index (χ1) is 9.72. The van der Waals surface area contributed by atoms with Crippen molar-refractivity contribution in [3.8, 4) is 11.3 Å². The maximum atomic E-state index is 4.83. The number of piperidine rings is 1. The second-order valence-corrected chi connectivity index (χ2v) is 5.65.